The quantitative estimate of drug-likeness (QED) is 0.321. The highest BCUT2D eigenvalue weighted by Crippen LogP contribution is 2.33. The molecule has 0 aromatic heterocycles. The van der Waals surface area contributed by atoms with Gasteiger partial charge in [0, 0.05) is 6.07 Å². The van der Waals surface area contributed by atoms with Crippen LogP contribution < -0.4 is 10.2 Å². The van der Waals surface area contributed by atoms with Gasteiger partial charge in [0.2, 0.25) is 0 Å². The fourth-order valence-corrected chi connectivity index (χ4v) is 3.67. The minimum atomic E-state index is -0.832. The van der Waals surface area contributed by atoms with Crippen LogP contribution in [0.15, 0.2) is 47.4 Å². The third-order valence-electron chi connectivity index (χ3n) is 3.85. The number of amides is 2. The number of nitrogens with one attached hydrogen (secondary N) is 1. The minimum Gasteiger partial charge on any atom is -0.504 e. The van der Waals surface area contributed by atoms with Crippen molar-refractivity contribution < 1.29 is 24.4 Å². The lowest BCUT2D eigenvalue weighted by Crippen LogP contribution is -2.45. The summed E-state index contributed by atoms with van der Waals surface area (Å²) in [6.45, 7) is 0. The average molecular weight is 431 g/mol. The molecule has 11 heteroatoms. The number of rotatable bonds is 5. The zero-order valence-corrected chi connectivity index (χ0v) is 16.5. The molecule has 0 spiro atoms. The summed E-state index contributed by atoms with van der Waals surface area (Å²) in [6, 6.07) is 9.92. The van der Waals surface area contributed by atoms with E-state index in [1.807, 2.05) is 0 Å². The third kappa shape index (κ3) is 4.20. The minimum absolute atomic E-state index is 0.0473. The second-order valence-electron chi connectivity index (χ2n) is 5.66. The van der Waals surface area contributed by atoms with Crippen molar-refractivity contribution in [3.8, 4) is 11.5 Å². The molecule has 3 rings (SSSR count). The first-order valence-electron chi connectivity index (χ1n) is 8.01. The number of thioether (sulfide) groups is 1. The number of hydrazine groups is 1. The SMILES string of the molecule is COc1cc(/C=C2\SC(=S)N(NC(=O)c3ccccc3[N+](=O)[O-])C2=O)ccc1O. The Morgan fingerprint density at radius 1 is 1.34 bits per heavy atom. The van der Waals surface area contributed by atoms with Crippen molar-refractivity contribution >= 4 is 51.9 Å². The van der Waals surface area contributed by atoms with Crippen molar-refractivity contribution in [2.24, 2.45) is 0 Å². The molecule has 29 heavy (non-hydrogen) atoms. The third-order valence-corrected chi connectivity index (χ3v) is 5.16. The van der Waals surface area contributed by atoms with Gasteiger partial charge in [-0.05, 0) is 42.1 Å². The Balaban J connectivity index is 1.83. The number of benzene rings is 2. The molecule has 0 saturated carbocycles. The van der Waals surface area contributed by atoms with Gasteiger partial charge in [-0.1, -0.05) is 30.0 Å². The van der Waals surface area contributed by atoms with E-state index < -0.39 is 16.7 Å². The van der Waals surface area contributed by atoms with Crippen LogP contribution in [0.3, 0.4) is 0 Å². The zero-order chi connectivity index (χ0) is 21.1. The number of nitro benzene ring substituents is 1. The summed E-state index contributed by atoms with van der Waals surface area (Å²) in [4.78, 5) is 35.8. The topological polar surface area (TPSA) is 122 Å². The molecule has 2 aromatic rings. The van der Waals surface area contributed by atoms with E-state index in [0.717, 1.165) is 16.8 Å². The Bertz CT molecular complexity index is 1070. The maximum Gasteiger partial charge on any atom is 0.285 e. The van der Waals surface area contributed by atoms with E-state index in [9.17, 15) is 24.8 Å². The lowest BCUT2D eigenvalue weighted by Gasteiger charge is -2.15. The number of nitrogens with zero attached hydrogens (tertiary/aromatic N) is 2. The molecule has 1 saturated heterocycles. The van der Waals surface area contributed by atoms with Crippen molar-refractivity contribution in [2.75, 3.05) is 7.11 Å². The molecule has 1 fully saturated rings. The molecule has 1 aliphatic rings. The number of carbonyl (C=O) groups is 2. The van der Waals surface area contributed by atoms with Crippen LogP contribution in [0.1, 0.15) is 15.9 Å². The standard InChI is InChI=1S/C18H13N3O6S2/c1-27-14-8-10(6-7-13(14)22)9-15-17(24)20(18(28)29-15)19-16(23)11-4-2-3-5-12(11)21(25)26/h2-9,22H,1H3,(H,19,23)/b15-9-. The summed E-state index contributed by atoms with van der Waals surface area (Å²) in [7, 11) is 1.40. The maximum absolute atomic E-state index is 12.6. The fourth-order valence-electron chi connectivity index (χ4n) is 2.49. The van der Waals surface area contributed by atoms with Crippen LogP contribution in [0.5, 0.6) is 11.5 Å². The molecule has 0 atom stereocenters. The maximum atomic E-state index is 12.6. The van der Waals surface area contributed by atoms with Gasteiger partial charge in [-0.15, -0.1) is 0 Å². The number of ether oxygens (including phenoxy) is 1. The number of para-hydroxylation sites is 1. The Morgan fingerprint density at radius 2 is 2.07 bits per heavy atom. The molecule has 2 aromatic carbocycles. The van der Waals surface area contributed by atoms with Gasteiger partial charge in [-0.25, -0.2) is 0 Å². The molecular formula is C18H13N3O6S2. The molecule has 0 bridgehead atoms. The van der Waals surface area contributed by atoms with Gasteiger partial charge in [0.25, 0.3) is 17.5 Å². The summed E-state index contributed by atoms with van der Waals surface area (Å²) < 4.78 is 5.10. The number of aromatic hydroxyl groups is 1. The van der Waals surface area contributed by atoms with E-state index in [4.69, 9.17) is 17.0 Å². The predicted molar refractivity (Wildman–Crippen MR) is 110 cm³/mol. The van der Waals surface area contributed by atoms with Crippen molar-refractivity contribution in [1.29, 1.82) is 0 Å². The Hall–Kier alpha value is -3.44. The summed E-state index contributed by atoms with van der Waals surface area (Å²) >= 11 is 6.11. The summed E-state index contributed by atoms with van der Waals surface area (Å²) in [5.41, 5.74) is 2.30. The second kappa shape index (κ2) is 8.29. The number of hydrogen-bond donors (Lipinski definition) is 2. The highest BCUT2D eigenvalue weighted by Gasteiger charge is 2.34. The Morgan fingerprint density at radius 3 is 2.76 bits per heavy atom. The highest BCUT2D eigenvalue weighted by atomic mass is 32.2. The largest absolute Gasteiger partial charge is 0.504 e. The lowest BCUT2D eigenvalue weighted by molar-refractivity contribution is -0.385. The second-order valence-corrected chi connectivity index (χ2v) is 7.34. The number of carbonyl (C=O) groups excluding carboxylic acids is 2. The average Bonchev–Trinajstić information content (AvgIpc) is 2.96. The van der Waals surface area contributed by atoms with E-state index in [0.29, 0.717) is 5.56 Å². The molecule has 0 radical (unpaired) electrons. The van der Waals surface area contributed by atoms with E-state index >= 15 is 0 Å². The van der Waals surface area contributed by atoms with Gasteiger partial charge in [-0.2, -0.15) is 5.01 Å². The van der Waals surface area contributed by atoms with Crippen molar-refractivity contribution in [1.82, 2.24) is 10.4 Å². The summed E-state index contributed by atoms with van der Waals surface area (Å²) in [5, 5.41) is 21.6. The van der Waals surface area contributed by atoms with Crippen LogP contribution in [0.25, 0.3) is 6.08 Å². The smallest absolute Gasteiger partial charge is 0.285 e. The van der Waals surface area contributed by atoms with Gasteiger partial charge < -0.3 is 9.84 Å². The molecular weight excluding hydrogens is 418 g/mol. The van der Waals surface area contributed by atoms with Gasteiger partial charge >= 0.3 is 0 Å². The molecule has 9 nitrogen and oxygen atoms in total. The number of phenolic OH excluding ortho intramolecular Hbond substituents is 1. The van der Waals surface area contributed by atoms with Crippen LogP contribution in [0.2, 0.25) is 0 Å². The van der Waals surface area contributed by atoms with E-state index in [2.05, 4.69) is 5.43 Å². The normalized spacial score (nSPS) is 14.9. The van der Waals surface area contributed by atoms with Crippen LogP contribution >= 0.6 is 24.0 Å². The fraction of sp³-hybridized carbons (Fsp3) is 0.0556. The van der Waals surface area contributed by atoms with Crippen LogP contribution in [-0.2, 0) is 4.79 Å². The molecule has 2 amide bonds. The number of thiocarbonyl (C=S) groups is 1. The molecule has 1 heterocycles. The number of nitro groups is 1. The first-order valence-corrected chi connectivity index (χ1v) is 9.23. The van der Waals surface area contributed by atoms with Gasteiger partial charge in [0.1, 0.15) is 5.56 Å². The summed E-state index contributed by atoms with van der Waals surface area (Å²) in [5.74, 6) is -1.23. The number of methoxy groups -OCH3 is 1. The van der Waals surface area contributed by atoms with Crippen molar-refractivity contribution in [2.45, 2.75) is 0 Å². The monoisotopic (exact) mass is 431 g/mol. The number of hydrogen-bond acceptors (Lipinski definition) is 8. The highest BCUT2D eigenvalue weighted by molar-refractivity contribution is 8.26. The van der Waals surface area contributed by atoms with Crippen LogP contribution in [0, 0.1) is 10.1 Å². The zero-order valence-electron chi connectivity index (χ0n) is 14.8. The lowest BCUT2D eigenvalue weighted by atomic mass is 10.1. The number of phenols is 1. The van der Waals surface area contributed by atoms with Crippen LogP contribution in [0.4, 0.5) is 5.69 Å². The van der Waals surface area contributed by atoms with Crippen LogP contribution in [-0.4, -0.2) is 38.3 Å². The molecule has 148 valence electrons. The first kappa shape index (κ1) is 20.3. The Labute approximate surface area is 174 Å². The van der Waals surface area contributed by atoms with Crippen molar-refractivity contribution in [3.05, 3.63) is 68.6 Å². The first-order chi connectivity index (χ1) is 13.8. The molecule has 1 aliphatic heterocycles. The summed E-state index contributed by atoms with van der Waals surface area (Å²) in [6.07, 6.45) is 1.53. The Kier molecular flexibility index (Phi) is 5.80. The molecule has 2 N–H and O–H groups in total. The van der Waals surface area contributed by atoms with E-state index in [1.54, 1.807) is 6.07 Å². The van der Waals surface area contributed by atoms with E-state index in [1.165, 1.54) is 49.6 Å². The van der Waals surface area contributed by atoms with Gasteiger partial charge in [-0.3, -0.25) is 25.1 Å². The molecule has 0 aliphatic carbocycles. The van der Waals surface area contributed by atoms with Crippen molar-refractivity contribution in [3.63, 3.8) is 0 Å². The van der Waals surface area contributed by atoms with E-state index in [-0.39, 0.29) is 32.0 Å². The van der Waals surface area contributed by atoms with Gasteiger partial charge in [0.05, 0.1) is 16.9 Å². The van der Waals surface area contributed by atoms with Gasteiger partial charge in [0.15, 0.2) is 15.8 Å². The molecule has 0 unspecified atom stereocenters. The predicted octanol–water partition coefficient (Wildman–Crippen LogP) is 2.86.